The predicted octanol–water partition coefficient (Wildman–Crippen LogP) is 7.33. The van der Waals surface area contributed by atoms with Crippen molar-refractivity contribution < 1.29 is 20.1 Å². The Hall–Kier alpha value is -4.16. The summed E-state index contributed by atoms with van der Waals surface area (Å²) in [6.45, 7) is 7.00. The number of pyridine rings is 1. The van der Waals surface area contributed by atoms with Gasteiger partial charge in [-0.2, -0.15) is 18.2 Å². The van der Waals surface area contributed by atoms with Crippen LogP contribution in [0.4, 0.5) is 0 Å². The van der Waals surface area contributed by atoms with Crippen LogP contribution in [0.1, 0.15) is 0 Å². The van der Waals surface area contributed by atoms with E-state index in [1.165, 1.54) is 5.19 Å². The Kier molecular flexibility index (Phi) is 7.04. The van der Waals surface area contributed by atoms with E-state index in [1.807, 2.05) is 66.9 Å². The molecule has 0 aliphatic carbocycles. The summed E-state index contributed by atoms with van der Waals surface area (Å²) in [7, 11) is -1.23. The van der Waals surface area contributed by atoms with Crippen LogP contribution in [-0.2, 0) is 20.1 Å². The molecule has 4 aromatic carbocycles. The monoisotopic (exact) mass is 726 g/mol. The zero-order valence-electron chi connectivity index (χ0n) is 23.0. The molecular formula is C34H27IrN5Si-2. The minimum Gasteiger partial charge on any atom is -0.305 e. The van der Waals surface area contributed by atoms with Gasteiger partial charge in [-0.05, 0) is 46.2 Å². The normalized spacial score (nSPS) is 11.6. The van der Waals surface area contributed by atoms with Crippen LogP contribution in [0.5, 0.6) is 0 Å². The molecule has 0 saturated heterocycles. The van der Waals surface area contributed by atoms with E-state index in [2.05, 4.69) is 88.0 Å². The fraction of sp³-hybridized carbons (Fsp3) is 0.0882. The molecule has 0 bridgehead atoms. The van der Waals surface area contributed by atoms with Crippen LogP contribution < -0.4 is 5.19 Å². The van der Waals surface area contributed by atoms with Crippen molar-refractivity contribution in [2.75, 3.05) is 0 Å². The Morgan fingerprint density at radius 1 is 0.659 bits per heavy atom. The third-order valence-electron chi connectivity index (χ3n) is 7.22. The summed E-state index contributed by atoms with van der Waals surface area (Å²) in [6, 6.07) is 41.2. The van der Waals surface area contributed by atoms with Gasteiger partial charge < -0.3 is 4.98 Å². The number of para-hydroxylation sites is 4. The molecule has 0 fully saturated rings. The number of hydrogen-bond donors (Lipinski definition) is 0. The molecule has 0 saturated carbocycles. The van der Waals surface area contributed by atoms with Gasteiger partial charge in [-0.15, -0.1) is 42.0 Å². The Labute approximate surface area is 252 Å². The van der Waals surface area contributed by atoms with E-state index in [0.29, 0.717) is 0 Å². The van der Waals surface area contributed by atoms with Crippen LogP contribution in [0.25, 0.3) is 55.7 Å². The first-order valence-corrected chi connectivity index (χ1v) is 16.9. The number of hydrogen-bond acceptors (Lipinski definition) is 3. The van der Waals surface area contributed by atoms with Gasteiger partial charge in [0.2, 0.25) is 5.78 Å². The number of imidazole rings is 2. The minimum atomic E-state index is -1.23. The molecule has 4 heterocycles. The molecule has 0 aliphatic rings. The molecule has 0 unspecified atom stereocenters. The zero-order valence-corrected chi connectivity index (χ0v) is 26.4. The number of nitrogens with zero attached hydrogens (tertiary/aromatic N) is 5. The molecule has 8 rings (SSSR count). The van der Waals surface area contributed by atoms with Gasteiger partial charge in [0.1, 0.15) is 5.65 Å². The van der Waals surface area contributed by atoms with E-state index in [-0.39, 0.29) is 20.1 Å². The summed E-state index contributed by atoms with van der Waals surface area (Å²) < 4.78 is 4.32. The van der Waals surface area contributed by atoms with Crippen molar-refractivity contribution in [3.63, 3.8) is 0 Å². The fourth-order valence-electron chi connectivity index (χ4n) is 5.14. The van der Waals surface area contributed by atoms with Gasteiger partial charge in [0.15, 0.2) is 0 Å². The van der Waals surface area contributed by atoms with Gasteiger partial charge in [0.25, 0.3) is 0 Å². The molecule has 5 nitrogen and oxygen atoms in total. The maximum absolute atomic E-state index is 4.88. The first-order chi connectivity index (χ1) is 19.5. The second-order valence-electron chi connectivity index (χ2n) is 10.9. The topological polar surface area (TPSA) is 47.5 Å². The van der Waals surface area contributed by atoms with Crippen LogP contribution in [-0.4, -0.2) is 31.8 Å². The number of fused-ring (bicyclic) bond motifs is 10. The third kappa shape index (κ3) is 4.76. The van der Waals surface area contributed by atoms with Gasteiger partial charge in [0.05, 0.1) is 24.6 Å². The largest absolute Gasteiger partial charge is 0.305 e. The smallest absolute Gasteiger partial charge is 0.219 e. The van der Waals surface area contributed by atoms with Crippen molar-refractivity contribution in [2.45, 2.75) is 19.6 Å². The Bertz CT molecular complexity index is 2140. The Morgan fingerprint density at radius 2 is 1.39 bits per heavy atom. The number of aromatic nitrogens is 5. The van der Waals surface area contributed by atoms with E-state index < -0.39 is 8.07 Å². The van der Waals surface area contributed by atoms with Crippen LogP contribution in [0.15, 0.2) is 109 Å². The van der Waals surface area contributed by atoms with E-state index in [4.69, 9.17) is 9.97 Å². The van der Waals surface area contributed by atoms with E-state index >= 15 is 0 Å². The number of benzene rings is 4. The summed E-state index contributed by atoms with van der Waals surface area (Å²) >= 11 is 0. The van der Waals surface area contributed by atoms with Gasteiger partial charge in [-0.1, -0.05) is 56.0 Å². The molecule has 7 heteroatoms. The second-order valence-corrected chi connectivity index (χ2v) is 16.0. The predicted molar refractivity (Wildman–Crippen MR) is 167 cm³/mol. The summed E-state index contributed by atoms with van der Waals surface area (Å²) in [4.78, 5) is 14.2. The second kappa shape index (κ2) is 10.7. The molecule has 4 aromatic heterocycles. The van der Waals surface area contributed by atoms with E-state index in [9.17, 15) is 0 Å². The van der Waals surface area contributed by atoms with Crippen LogP contribution in [0.3, 0.4) is 0 Å². The molecule has 0 aliphatic heterocycles. The van der Waals surface area contributed by atoms with Crippen molar-refractivity contribution >= 4 is 57.7 Å². The average molecular weight is 726 g/mol. The standard InChI is InChI=1S/C20H11N4.C14H16NSi.Ir/c1-4-10-16-13(7-1)19-21-14-8-2-6-12-18(14)24(19)20-22-15-9-3-5-11-17(15)23(16)20;1-16(2,3)13-9-10-14(15-11-13)12-7-5-4-6-8-12;/h1-11H;4-7,9-11H,1-3H3;/q2*-1;. The summed E-state index contributed by atoms with van der Waals surface area (Å²) in [5.41, 5.74) is 8.07. The first-order valence-electron chi connectivity index (χ1n) is 13.4. The Morgan fingerprint density at radius 3 is 2.15 bits per heavy atom. The van der Waals surface area contributed by atoms with Crippen molar-refractivity contribution in [3.05, 3.63) is 121 Å². The zero-order chi connectivity index (χ0) is 27.3. The molecule has 0 amide bonds. The molecule has 0 atom stereocenters. The molecule has 203 valence electrons. The van der Waals surface area contributed by atoms with Crippen molar-refractivity contribution in [3.8, 4) is 11.3 Å². The summed E-state index contributed by atoms with van der Waals surface area (Å²) in [5, 5.41) is 2.50. The SMILES string of the molecule is C[Si](C)(C)c1ccc(-c2[c-]cccc2)nc1.[Ir].[c-]1cccc2nc3c4ccccc4n4c5ccccc5nc4n3c12. The van der Waals surface area contributed by atoms with Crippen LogP contribution in [0.2, 0.25) is 19.6 Å². The van der Waals surface area contributed by atoms with E-state index in [1.54, 1.807) is 0 Å². The van der Waals surface area contributed by atoms with Gasteiger partial charge in [0, 0.05) is 31.7 Å². The maximum atomic E-state index is 4.88. The average Bonchev–Trinajstić information content (AvgIpc) is 3.57. The number of rotatable bonds is 2. The molecule has 0 N–H and O–H groups in total. The maximum Gasteiger partial charge on any atom is 0.219 e. The van der Waals surface area contributed by atoms with Crippen LogP contribution >= 0.6 is 0 Å². The molecule has 1 radical (unpaired) electrons. The van der Waals surface area contributed by atoms with Crippen molar-refractivity contribution in [1.29, 1.82) is 0 Å². The van der Waals surface area contributed by atoms with Crippen molar-refractivity contribution in [2.24, 2.45) is 0 Å². The van der Waals surface area contributed by atoms with Gasteiger partial charge >= 0.3 is 0 Å². The molecular weight excluding hydrogens is 699 g/mol. The molecule has 0 spiro atoms. The van der Waals surface area contributed by atoms with Crippen molar-refractivity contribution in [1.82, 2.24) is 23.8 Å². The molecule has 8 aromatic rings. The quantitative estimate of drug-likeness (QED) is 0.139. The minimum absolute atomic E-state index is 0. The van der Waals surface area contributed by atoms with Gasteiger partial charge in [-0.25, -0.2) is 4.98 Å². The third-order valence-corrected chi connectivity index (χ3v) is 9.25. The first kappa shape index (κ1) is 27.0. The Balaban J connectivity index is 0.000000157. The van der Waals surface area contributed by atoms with Gasteiger partial charge in [-0.3, -0.25) is 13.8 Å². The summed E-state index contributed by atoms with van der Waals surface area (Å²) in [6.07, 6.45) is 2.02. The summed E-state index contributed by atoms with van der Waals surface area (Å²) in [5.74, 6) is 0.870. The van der Waals surface area contributed by atoms with Crippen LogP contribution in [0, 0.1) is 12.1 Å². The molecule has 41 heavy (non-hydrogen) atoms. The van der Waals surface area contributed by atoms with E-state index in [0.717, 1.165) is 55.7 Å². The fourth-order valence-corrected chi connectivity index (χ4v) is 6.18.